The minimum atomic E-state index is -0.252. The highest BCUT2D eigenvalue weighted by Crippen LogP contribution is 2.21. The van der Waals surface area contributed by atoms with E-state index in [-0.39, 0.29) is 17.6 Å². The number of rotatable bonds is 5. The van der Waals surface area contributed by atoms with Gasteiger partial charge in [0.15, 0.2) is 0 Å². The normalized spacial score (nSPS) is 16.9. The van der Waals surface area contributed by atoms with Gasteiger partial charge in [0.2, 0.25) is 11.9 Å². The van der Waals surface area contributed by atoms with E-state index in [2.05, 4.69) is 20.2 Å². The lowest BCUT2D eigenvalue weighted by molar-refractivity contribution is -0.125. The Labute approximate surface area is 169 Å². The average molecular weight is 395 g/mol. The van der Waals surface area contributed by atoms with Crippen LogP contribution in [0.3, 0.4) is 0 Å². The second-order valence-corrected chi connectivity index (χ2v) is 7.74. The second-order valence-electron chi connectivity index (χ2n) is 7.74. The Bertz CT molecular complexity index is 1010. The van der Waals surface area contributed by atoms with Crippen molar-refractivity contribution in [3.8, 4) is 0 Å². The van der Waals surface area contributed by atoms with Crippen LogP contribution in [0.25, 0.3) is 10.9 Å². The van der Waals surface area contributed by atoms with Crippen LogP contribution in [0.15, 0.2) is 36.5 Å². The lowest BCUT2D eigenvalue weighted by Crippen LogP contribution is -2.44. The third-order valence-corrected chi connectivity index (χ3v) is 5.43. The number of carbonyl (C=O) groups excluding carboxylic acids is 1. The van der Waals surface area contributed by atoms with Crippen LogP contribution in [0.5, 0.6) is 0 Å². The summed E-state index contributed by atoms with van der Waals surface area (Å²) < 4.78 is 15.5. The van der Waals surface area contributed by atoms with Gasteiger partial charge in [0.1, 0.15) is 5.82 Å². The predicted octanol–water partition coefficient (Wildman–Crippen LogP) is 3.22. The fourth-order valence-electron chi connectivity index (χ4n) is 4.02. The van der Waals surface area contributed by atoms with Crippen LogP contribution in [-0.2, 0) is 11.3 Å². The summed E-state index contributed by atoms with van der Waals surface area (Å²) in [6.45, 7) is 6.54. The molecule has 1 atom stereocenters. The quantitative estimate of drug-likeness (QED) is 0.721. The van der Waals surface area contributed by atoms with Gasteiger partial charge in [-0.1, -0.05) is 0 Å². The minimum Gasteiger partial charge on any atom is -0.354 e. The Morgan fingerprint density at radius 2 is 2.00 bits per heavy atom. The first kappa shape index (κ1) is 19.4. The van der Waals surface area contributed by atoms with E-state index in [0.29, 0.717) is 25.6 Å². The van der Waals surface area contributed by atoms with Crippen molar-refractivity contribution in [2.75, 3.05) is 24.5 Å². The molecule has 1 saturated heterocycles. The summed E-state index contributed by atoms with van der Waals surface area (Å²) in [5, 5.41) is 4.04. The van der Waals surface area contributed by atoms with Crippen LogP contribution in [0.4, 0.5) is 10.3 Å². The molecule has 3 aromatic rings. The number of nitrogens with zero attached hydrogens (tertiary/aromatic N) is 4. The van der Waals surface area contributed by atoms with Crippen LogP contribution < -0.4 is 10.2 Å². The van der Waals surface area contributed by atoms with E-state index in [9.17, 15) is 9.18 Å². The van der Waals surface area contributed by atoms with Crippen LogP contribution in [-0.4, -0.2) is 40.1 Å². The number of hydrogen-bond acceptors (Lipinski definition) is 4. The topological polar surface area (TPSA) is 63.1 Å². The first-order valence-electron chi connectivity index (χ1n) is 10.1. The highest BCUT2D eigenvalue weighted by atomic mass is 19.1. The molecule has 152 valence electrons. The Kier molecular flexibility index (Phi) is 5.47. The molecule has 1 N–H and O–H groups in total. The monoisotopic (exact) mass is 395 g/mol. The molecule has 1 aliphatic rings. The predicted molar refractivity (Wildman–Crippen MR) is 111 cm³/mol. The van der Waals surface area contributed by atoms with Gasteiger partial charge >= 0.3 is 0 Å². The summed E-state index contributed by atoms with van der Waals surface area (Å²) in [7, 11) is 0. The molecule has 1 unspecified atom stereocenters. The molecule has 6 nitrogen and oxygen atoms in total. The third-order valence-electron chi connectivity index (χ3n) is 5.43. The fourth-order valence-corrected chi connectivity index (χ4v) is 4.02. The van der Waals surface area contributed by atoms with Gasteiger partial charge in [-0.15, -0.1) is 0 Å². The van der Waals surface area contributed by atoms with Gasteiger partial charge in [-0.25, -0.2) is 14.4 Å². The molecule has 1 amide bonds. The molecule has 1 aliphatic heterocycles. The fraction of sp³-hybridized carbons (Fsp3) is 0.409. The Hall–Kier alpha value is -2.96. The maximum Gasteiger partial charge on any atom is 0.225 e. The van der Waals surface area contributed by atoms with Crippen molar-refractivity contribution in [1.82, 2.24) is 19.9 Å². The molecule has 1 fully saturated rings. The van der Waals surface area contributed by atoms with Crippen molar-refractivity contribution in [2.45, 2.75) is 33.2 Å². The summed E-state index contributed by atoms with van der Waals surface area (Å²) in [5.74, 6) is 0.437. The zero-order chi connectivity index (χ0) is 20.4. The van der Waals surface area contributed by atoms with Crippen molar-refractivity contribution in [3.63, 3.8) is 0 Å². The summed E-state index contributed by atoms with van der Waals surface area (Å²) in [5.41, 5.74) is 2.72. The van der Waals surface area contributed by atoms with E-state index >= 15 is 0 Å². The van der Waals surface area contributed by atoms with E-state index in [4.69, 9.17) is 0 Å². The summed E-state index contributed by atoms with van der Waals surface area (Å²) in [6.07, 6.45) is 3.73. The van der Waals surface area contributed by atoms with Crippen molar-refractivity contribution >= 4 is 22.8 Å². The molecular weight excluding hydrogens is 369 g/mol. The zero-order valence-corrected chi connectivity index (χ0v) is 16.9. The molecule has 0 spiro atoms. The molecule has 3 heterocycles. The lowest BCUT2D eigenvalue weighted by atomic mass is 9.97. The molecular formula is C22H26FN5O. The minimum absolute atomic E-state index is 0.0571. The van der Waals surface area contributed by atoms with Gasteiger partial charge in [-0.05, 0) is 62.4 Å². The smallest absolute Gasteiger partial charge is 0.225 e. The van der Waals surface area contributed by atoms with Crippen molar-refractivity contribution in [3.05, 3.63) is 53.7 Å². The third kappa shape index (κ3) is 4.39. The molecule has 0 saturated carbocycles. The van der Waals surface area contributed by atoms with Gasteiger partial charge < -0.3 is 14.8 Å². The lowest BCUT2D eigenvalue weighted by Gasteiger charge is -2.32. The number of amides is 1. The molecule has 1 aromatic carbocycles. The van der Waals surface area contributed by atoms with Crippen LogP contribution in [0.1, 0.15) is 24.2 Å². The zero-order valence-electron chi connectivity index (χ0n) is 16.9. The number of carbonyl (C=O) groups is 1. The van der Waals surface area contributed by atoms with Crippen molar-refractivity contribution in [2.24, 2.45) is 5.92 Å². The van der Waals surface area contributed by atoms with E-state index in [1.54, 1.807) is 6.07 Å². The molecule has 0 aliphatic carbocycles. The highest BCUT2D eigenvalue weighted by Gasteiger charge is 2.27. The van der Waals surface area contributed by atoms with Crippen LogP contribution >= 0.6 is 0 Å². The average Bonchev–Trinajstić information content (AvgIpc) is 3.09. The first-order chi connectivity index (χ1) is 14.0. The number of benzene rings is 1. The maximum absolute atomic E-state index is 13.5. The van der Waals surface area contributed by atoms with Crippen LogP contribution in [0, 0.1) is 25.6 Å². The second kappa shape index (κ2) is 8.19. The van der Waals surface area contributed by atoms with Gasteiger partial charge in [0.05, 0.1) is 11.4 Å². The molecule has 4 rings (SSSR count). The van der Waals surface area contributed by atoms with Gasteiger partial charge in [-0.2, -0.15) is 0 Å². The van der Waals surface area contributed by atoms with E-state index < -0.39 is 0 Å². The Morgan fingerprint density at radius 3 is 2.79 bits per heavy atom. The number of halogens is 1. The number of anilines is 1. The molecule has 0 bridgehead atoms. The number of fused-ring (bicyclic) bond motifs is 1. The largest absolute Gasteiger partial charge is 0.354 e. The number of aryl methyl sites for hydroxylation is 2. The van der Waals surface area contributed by atoms with E-state index in [1.807, 2.05) is 36.7 Å². The highest BCUT2D eigenvalue weighted by molar-refractivity contribution is 5.80. The van der Waals surface area contributed by atoms with Crippen LogP contribution in [0.2, 0.25) is 0 Å². The standard InChI is InChI=1S/C22H26FN5O/c1-15-12-16(2)26-22(25-15)28-9-3-4-18(14-28)21(29)24-8-11-27-10-7-17-5-6-19(23)13-20(17)27/h5-7,10,12-13,18H,3-4,8-9,11,14H2,1-2H3,(H,24,29). The SMILES string of the molecule is Cc1cc(C)nc(N2CCCC(C(=O)NCCn3ccc4ccc(F)cc43)C2)n1. The van der Waals surface area contributed by atoms with Gasteiger partial charge in [-0.3, -0.25) is 4.79 Å². The number of hydrogen-bond donors (Lipinski definition) is 1. The maximum atomic E-state index is 13.5. The Balaban J connectivity index is 1.35. The molecule has 0 radical (unpaired) electrons. The Morgan fingerprint density at radius 1 is 1.21 bits per heavy atom. The number of piperidine rings is 1. The summed E-state index contributed by atoms with van der Waals surface area (Å²) in [6, 6.07) is 8.67. The summed E-state index contributed by atoms with van der Waals surface area (Å²) >= 11 is 0. The first-order valence-corrected chi connectivity index (χ1v) is 10.1. The van der Waals surface area contributed by atoms with E-state index in [1.165, 1.54) is 12.1 Å². The van der Waals surface area contributed by atoms with Gasteiger partial charge in [0, 0.05) is 43.8 Å². The molecule has 2 aromatic heterocycles. The van der Waals surface area contributed by atoms with E-state index in [0.717, 1.165) is 41.7 Å². The van der Waals surface area contributed by atoms with Crippen molar-refractivity contribution < 1.29 is 9.18 Å². The molecule has 7 heteroatoms. The molecule has 29 heavy (non-hydrogen) atoms. The number of aromatic nitrogens is 3. The van der Waals surface area contributed by atoms with Crippen molar-refractivity contribution in [1.29, 1.82) is 0 Å². The number of nitrogens with one attached hydrogen (secondary N) is 1. The summed E-state index contributed by atoms with van der Waals surface area (Å²) in [4.78, 5) is 23.9. The van der Waals surface area contributed by atoms with Gasteiger partial charge in [0.25, 0.3) is 0 Å².